The fourth-order valence-electron chi connectivity index (χ4n) is 1.89. The third kappa shape index (κ3) is 5.65. The number of hydrogen-bond donors (Lipinski definition) is 1. The summed E-state index contributed by atoms with van der Waals surface area (Å²) >= 11 is 0. The van der Waals surface area contributed by atoms with Crippen LogP contribution in [0.2, 0.25) is 0 Å². The molecule has 0 aliphatic carbocycles. The summed E-state index contributed by atoms with van der Waals surface area (Å²) in [5.41, 5.74) is 0. The molecular formula is C15H26N2O3S. The molecule has 0 amide bonds. The monoisotopic (exact) mass is 314 g/mol. The number of nitrogens with zero attached hydrogens (tertiary/aromatic N) is 1. The molecular weight excluding hydrogens is 288 g/mol. The highest BCUT2D eigenvalue weighted by Gasteiger charge is 2.19. The van der Waals surface area contributed by atoms with E-state index in [2.05, 4.69) is 12.2 Å². The second-order valence-corrected chi connectivity index (χ2v) is 6.90. The van der Waals surface area contributed by atoms with Gasteiger partial charge in [-0.25, -0.2) is 12.7 Å². The predicted molar refractivity (Wildman–Crippen MR) is 85.2 cm³/mol. The molecule has 0 aliphatic rings. The van der Waals surface area contributed by atoms with Crippen LogP contribution in [0.3, 0.4) is 0 Å². The van der Waals surface area contributed by atoms with Crippen LogP contribution in [0.1, 0.15) is 26.7 Å². The van der Waals surface area contributed by atoms with Crippen molar-refractivity contribution in [1.82, 2.24) is 9.62 Å². The van der Waals surface area contributed by atoms with Crippen molar-refractivity contribution in [3.05, 3.63) is 24.3 Å². The van der Waals surface area contributed by atoms with Crippen molar-refractivity contribution in [1.29, 1.82) is 0 Å². The van der Waals surface area contributed by atoms with Gasteiger partial charge in [-0.1, -0.05) is 13.8 Å². The second-order valence-electron chi connectivity index (χ2n) is 4.85. The number of sulfonamides is 1. The maximum Gasteiger partial charge on any atom is 0.242 e. The van der Waals surface area contributed by atoms with Crippen molar-refractivity contribution in [2.24, 2.45) is 0 Å². The minimum absolute atomic E-state index is 0.304. The van der Waals surface area contributed by atoms with Gasteiger partial charge in [-0.3, -0.25) is 0 Å². The summed E-state index contributed by atoms with van der Waals surface area (Å²) in [6, 6.07) is 6.61. The zero-order chi connectivity index (χ0) is 15.7. The van der Waals surface area contributed by atoms with Crippen molar-refractivity contribution < 1.29 is 13.2 Å². The van der Waals surface area contributed by atoms with Crippen LogP contribution in [0.4, 0.5) is 0 Å². The topological polar surface area (TPSA) is 58.6 Å². The first kappa shape index (κ1) is 17.9. The van der Waals surface area contributed by atoms with Crippen LogP contribution in [0.25, 0.3) is 0 Å². The van der Waals surface area contributed by atoms with Crippen LogP contribution in [0.15, 0.2) is 29.2 Å². The number of hydrogen-bond acceptors (Lipinski definition) is 4. The van der Waals surface area contributed by atoms with Gasteiger partial charge in [0.1, 0.15) is 5.75 Å². The Morgan fingerprint density at radius 3 is 2.43 bits per heavy atom. The van der Waals surface area contributed by atoms with Crippen LogP contribution in [-0.2, 0) is 10.0 Å². The normalized spacial score (nSPS) is 11.8. The molecule has 0 unspecified atom stereocenters. The van der Waals surface area contributed by atoms with Crippen LogP contribution in [0.5, 0.6) is 5.75 Å². The Balaban J connectivity index is 2.57. The molecule has 0 bridgehead atoms. The molecule has 0 radical (unpaired) electrons. The van der Waals surface area contributed by atoms with Crippen molar-refractivity contribution in [3.63, 3.8) is 0 Å². The summed E-state index contributed by atoms with van der Waals surface area (Å²) < 4.78 is 31.4. The first-order chi connectivity index (χ1) is 10.0. The predicted octanol–water partition coefficient (Wildman–Crippen LogP) is 2.10. The third-order valence-corrected chi connectivity index (χ3v) is 4.96. The minimum atomic E-state index is -3.38. The summed E-state index contributed by atoms with van der Waals surface area (Å²) in [6.07, 6.45) is 1.72. The maximum absolute atomic E-state index is 12.2. The molecule has 1 rings (SSSR count). The average Bonchev–Trinajstić information content (AvgIpc) is 2.48. The lowest BCUT2D eigenvalue weighted by Gasteiger charge is -2.16. The van der Waals surface area contributed by atoms with Gasteiger partial charge in [0.2, 0.25) is 10.0 Å². The molecule has 0 heterocycles. The third-order valence-electron chi connectivity index (χ3n) is 3.09. The van der Waals surface area contributed by atoms with Gasteiger partial charge in [0, 0.05) is 13.6 Å². The molecule has 0 fully saturated rings. The Labute approximate surface area is 128 Å². The Bertz CT molecular complexity index is 500. The Hall–Kier alpha value is -1.11. The Morgan fingerprint density at radius 2 is 1.86 bits per heavy atom. The lowest BCUT2D eigenvalue weighted by molar-refractivity contribution is 0.308. The van der Waals surface area contributed by atoms with Crippen molar-refractivity contribution >= 4 is 10.0 Å². The summed E-state index contributed by atoms with van der Waals surface area (Å²) in [5.74, 6) is 0.698. The van der Waals surface area contributed by atoms with Gasteiger partial charge in [-0.05, 0) is 50.2 Å². The van der Waals surface area contributed by atoms with E-state index >= 15 is 0 Å². The highest BCUT2D eigenvalue weighted by Crippen LogP contribution is 2.19. The van der Waals surface area contributed by atoms with Crippen molar-refractivity contribution in [2.45, 2.75) is 31.6 Å². The summed E-state index contributed by atoms with van der Waals surface area (Å²) in [7, 11) is -1.78. The van der Waals surface area contributed by atoms with Crippen LogP contribution in [0, 0.1) is 0 Å². The summed E-state index contributed by atoms with van der Waals surface area (Å²) in [5, 5.41) is 3.22. The van der Waals surface area contributed by atoms with Crippen molar-refractivity contribution in [3.8, 4) is 5.75 Å². The first-order valence-corrected chi connectivity index (χ1v) is 8.86. The maximum atomic E-state index is 12.2. The van der Waals surface area contributed by atoms with Gasteiger partial charge in [0.15, 0.2) is 0 Å². The van der Waals surface area contributed by atoms with Crippen LogP contribution in [-0.4, -0.2) is 46.0 Å². The molecule has 120 valence electrons. The molecule has 6 heteroatoms. The van der Waals surface area contributed by atoms with E-state index in [9.17, 15) is 8.42 Å². The summed E-state index contributed by atoms with van der Waals surface area (Å²) in [4.78, 5) is 0.304. The zero-order valence-corrected chi connectivity index (χ0v) is 13.9. The Morgan fingerprint density at radius 1 is 1.19 bits per heavy atom. The van der Waals surface area contributed by atoms with E-state index in [1.54, 1.807) is 31.3 Å². The lowest BCUT2D eigenvalue weighted by Crippen LogP contribution is -2.27. The SMILES string of the molecule is CCCN(C)S(=O)(=O)c1ccc(OCCCNCC)cc1. The molecule has 1 N–H and O–H groups in total. The quantitative estimate of drug-likeness (QED) is 0.672. The zero-order valence-electron chi connectivity index (χ0n) is 13.1. The Kier molecular flexibility index (Phi) is 7.71. The van der Waals surface area contributed by atoms with Crippen LogP contribution < -0.4 is 10.1 Å². The van der Waals surface area contributed by atoms with Crippen molar-refractivity contribution in [2.75, 3.05) is 33.3 Å². The molecule has 5 nitrogen and oxygen atoms in total. The van der Waals surface area contributed by atoms with Gasteiger partial charge in [0.05, 0.1) is 11.5 Å². The fraction of sp³-hybridized carbons (Fsp3) is 0.600. The molecule has 1 aromatic rings. The molecule has 1 aromatic carbocycles. The van der Waals surface area contributed by atoms with E-state index in [0.29, 0.717) is 23.8 Å². The molecule has 0 aromatic heterocycles. The first-order valence-electron chi connectivity index (χ1n) is 7.42. The van der Waals surface area contributed by atoms with E-state index in [1.807, 2.05) is 6.92 Å². The van der Waals surface area contributed by atoms with E-state index < -0.39 is 10.0 Å². The number of ether oxygens (including phenoxy) is 1. The van der Waals surface area contributed by atoms with Gasteiger partial charge in [-0.15, -0.1) is 0 Å². The highest BCUT2D eigenvalue weighted by molar-refractivity contribution is 7.89. The van der Waals surface area contributed by atoms with Gasteiger partial charge < -0.3 is 10.1 Å². The molecule has 0 atom stereocenters. The van der Waals surface area contributed by atoms with E-state index in [1.165, 1.54) is 4.31 Å². The van der Waals surface area contributed by atoms with E-state index in [4.69, 9.17) is 4.74 Å². The largest absolute Gasteiger partial charge is 0.494 e. The van der Waals surface area contributed by atoms with E-state index in [-0.39, 0.29) is 0 Å². The molecule has 0 saturated carbocycles. The second kappa shape index (κ2) is 9.02. The fourth-order valence-corrected chi connectivity index (χ4v) is 3.15. The molecule has 0 saturated heterocycles. The minimum Gasteiger partial charge on any atom is -0.494 e. The number of nitrogens with one attached hydrogen (secondary N) is 1. The standard InChI is InChI=1S/C15H26N2O3S/c1-4-12-17(3)21(18,19)15-9-7-14(8-10-15)20-13-6-11-16-5-2/h7-10,16H,4-6,11-13H2,1-3H3. The van der Waals surface area contributed by atoms with E-state index in [0.717, 1.165) is 25.9 Å². The van der Waals surface area contributed by atoms with Crippen LogP contribution >= 0.6 is 0 Å². The number of rotatable bonds is 10. The molecule has 0 spiro atoms. The summed E-state index contributed by atoms with van der Waals surface area (Å²) in [6.45, 7) is 7.04. The molecule has 21 heavy (non-hydrogen) atoms. The van der Waals surface area contributed by atoms with Gasteiger partial charge in [-0.2, -0.15) is 0 Å². The van der Waals surface area contributed by atoms with Gasteiger partial charge >= 0.3 is 0 Å². The molecule has 0 aliphatic heterocycles. The van der Waals surface area contributed by atoms with Gasteiger partial charge in [0.25, 0.3) is 0 Å². The number of benzene rings is 1. The highest BCUT2D eigenvalue weighted by atomic mass is 32.2. The lowest BCUT2D eigenvalue weighted by atomic mass is 10.3. The smallest absolute Gasteiger partial charge is 0.242 e. The average molecular weight is 314 g/mol.